The zero-order valence-corrected chi connectivity index (χ0v) is 19.1. The van der Waals surface area contributed by atoms with Gasteiger partial charge in [-0.25, -0.2) is 8.42 Å². The number of unbranched alkanes of at least 4 members (excludes halogenated alkanes) is 1. The van der Waals surface area contributed by atoms with Crippen LogP contribution in [-0.2, 0) is 26.2 Å². The van der Waals surface area contributed by atoms with Gasteiger partial charge in [-0.05, 0) is 61.9 Å². The van der Waals surface area contributed by atoms with E-state index in [1.807, 2.05) is 30.3 Å². The topological polar surface area (TPSA) is 75.7 Å². The Hall–Kier alpha value is -1.93. The van der Waals surface area contributed by atoms with Crippen molar-refractivity contribution in [3.63, 3.8) is 0 Å². The number of hydrogen-bond acceptors (Lipinski definition) is 4. The second-order valence-electron chi connectivity index (χ2n) is 7.62. The third-order valence-electron chi connectivity index (χ3n) is 5.30. The van der Waals surface area contributed by atoms with Crippen molar-refractivity contribution in [2.75, 3.05) is 19.7 Å². The monoisotopic (exact) mass is 464 g/mol. The van der Waals surface area contributed by atoms with Gasteiger partial charge in [0.15, 0.2) is 0 Å². The van der Waals surface area contributed by atoms with Gasteiger partial charge >= 0.3 is 0 Å². The molecule has 1 N–H and O–H groups in total. The summed E-state index contributed by atoms with van der Waals surface area (Å²) in [7, 11) is -3.83. The van der Waals surface area contributed by atoms with Crippen LogP contribution in [0.2, 0.25) is 5.02 Å². The van der Waals surface area contributed by atoms with Crippen LogP contribution < -0.4 is 5.32 Å². The second-order valence-corrected chi connectivity index (χ2v) is 9.94. The zero-order chi connectivity index (χ0) is 22.1. The van der Waals surface area contributed by atoms with Crippen molar-refractivity contribution in [1.82, 2.24) is 9.62 Å². The van der Waals surface area contributed by atoms with Gasteiger partial charge < -0.3 is 10.1 Å². The summed E-state index contributed by atoms with van der Waals surface area (Å²) in [6.07, 6.45) is 3.48. The fraction of sp³-hybridized carbons (Fsp3) is 0.435. The first-order valence-corrected chi connectivity index (χ1v) is 12.5. The van der Waals surface area contributed by atoms with E-state index in [4.69, 9.17) is 16.3 Å². The van der Waals surface area contributed by atoms with Crippen molar-refractivity contribution in [2.24, 2.45) is 0 Å². The first kappa shape index (κ1) is 23.7. The molecule has 0 aromatic heterocycles. The lowest BCUT2D eigenvalue weighted by atomic mass is 10.1. The van der Waals surface area contributed by atoms with E-state index in [1.165, 1.54) is 16.4 Å². The van der Waals surface area contributed by atoms with Crippen LogP contribution >= 0.6 is 11.6 Å². The molecule has 0 aliphatic carbocycles. The fourth-order valence-corrected chi connectivity index (χ4v) is 5.40. The number of ether oxygens (including phenoxy) is 1. The van der Waals surface area contributed by atoms with Crippen LogP contribution in [0.4, 0.5) is 0 Å². The SMILES string of the molecule is O=C1NCCCC[C@H]1N(CCCCOCc1ccccc1)S(=O)(=O)c1ccc(Cl)cc1. The van der Waals surface area contributed by atoms with Gasteiger partial charge in [0.1, 0.15) is 6.04 Å². The van der Waals surface area contributed by atoms with Crippen LogP contribution in [0.5, 0.6) is 0 Å². The van der Waals surface area contributed by atoms with E-state index < -0.39 is 16.1 Å². The van der Waals surface area contributed by atoms with Crippen molar-refractivity contribution < 1.29 is 17.9 Å². The molecule has 1 aliphatic rings. The highest BCUT2D eigenvalue weighted by atomic mass is 35.5. The molecule has 2 aromatic carbocycles. The van der Waals surface area contributed by atoms with E-state index in [1.54, 1.807) is 12.1 Å². The van der Waals surface area contributed by atoms with Crippen LogP contribution in [0, 0.1) is 0 Å². The van der Waals surface area contributed by atoms with E-state index in [0.717, 1.165) is 18.4 Å². The molecule has 2 aromatic rings. The molecule has 0 unspecified atom stereocenters. The molecule has 6 nitrogen and oxygen atoms in total. The van der Waals surface area contributed by atoms with Crippen molar-refractivity contribution in [3.8, 4) is 0 Å². The Morgan fingerprint density at radius 1 is 1.03 bits per heavy atom. The maximum atomic E-state index is 13.4. The Kier molecular flexibility index (Phi) is 8.90. The first-order valence-electron chi connectivity index (χ1n) is 10.7. The average molecular weight is 465 g/mol. The van der Waals surface area contributed by atoms with E-state index >= 15 is 0 Å². The molecule has 168 valence electrons. The van der Waals surface area contributed by atoms with E-state index in [0.29, 0.717) is 44.0 Å². The van der Waals surface area contributed by atoms with Crippen molar-refractivity contribution in [1.29, 1.82) is 0 Å². The molecule has 1 aliphatic heterocycles. The number of nitrogens with one attached hydrogen (secondary N) is 1. The molecule has 1 saturated heterocycles. The minimum atomic E-state index is -3.83. The number of hydrogen-bond donors (Lipinski definition) is 1. The van der Waals surface area contributed by atoms with Gasteiger partial charge in [-0.1, -0.05) is 41.9 Å². The predicted octanol–water partition coefficient (Wildman–Crippen LogP) is 4.00. The number of halogens is 1. The first-order chi connectivity index (χ1) is 15.0. The Morgan fingerprint density at radius 3 is 2.52 bits per heavy atom. The summed E-state index contributed by atoms with van der Waals surface area (Å²) in [6.45, 7) is 1.90. The lowest BCUT2D eigenvalue weighted by molar-refractivity contribution is -0.124. The van der Waals surface area contributed by atoms with Gasteiger partial charge in [0.25, 0.3) is 0 Å². The molecular formula is C23H29ClN2O4S. The molecule has 0 saturated carbocycles. The summed E-state index contributed by atoms with van der Waals surface area (Å²) in [5.74, 6) is -0.227. The van der Waals surface area contributed by atoms with Crippen LogP contribution in [0.25, 0.3) is 0 Å². The number of carbonyl (C=O) groups excluding carboxylic acids is 1. The van der Waals surface area contributed by atoms with E-state index in [2.05, 4.69) is 5.32 Å². The molecule has 1 heterocycles. The van der Waals surface area contributed by atoms with Crippen LogP contribution in [0.15, 0.2) is 59.5 Å². The summed E-state index contributed by atoms with van der Waals surface area (Å²) < 4.78 is 33.8. The summed E-state index contributed by atoms with van der Waals surface area (Å²) in [4.78, 5) is 12.8. The highest BCUT2D eigenvalue weighted by Gasteiger charge is 2.36. The smallest absolute Gasteiger partial charge is 0.243 e. The lowest BCUT2D eigenvalue weighted by Gasteiger charge is -2.29. The maximum absolute atomic E-state index is 13.4. The molecule has 0 spiro atoms. The number of amides is 1. The third kappa shape index (κ3) is 6.77. The van der Waals surface area contributed by atoms with Crippen LogP contribution in [0.1, 0.15) is 37.7 Å². The molecule has 1 amide bonds. The number of nitrogens with zero attached hydrogens (tertiary/aromatic N) is 1. The van der Waals surface area contributed by atoms with Gasteiger partial charge in [0.2, 0.25) is 15.9 Å². The van der Waals surface area contributed by atoms with E-state index in [-0.39, 0.29) is 17.3 Å². The summed E-state index contributed by atoms with van der Waals surface area (Å²) in [5.41, 5.74) is 1.10. The highest BCUT2D eigenvalue weighted by Crippen LogP contribution is 2.24. The molecule has 1 fully saturated rings. The Morgan fingerprint density at radius 2 is 1.77 bits per heavy atom. The molecule has 3 rings (SSSR count). The quantitative estimate of drug-likeness (QED) is 0.539. The van der Waals surface area contributed by atoms with Crippen molar-refractivity contribution in [3.05, 3.63) is 65.2 Å². The van der Waals surface area contributed by atoms with E-state index in [9.17, 15) is 13.2 Å². The lowest BCUT2D eigenvalue weighted by Crippen LogP contribution is -2.49. The van der Waals surface area contributed by atoms with Crippen molar-refractivity contribution in [2.45, 2.75) is 49.6 Å². The van der Waals surface area contributed by atoms with Gasteiger partial charge in [0, 0.05) is 24.7 Å². The number of carbonyl (C=O) groups is 1. The number of sulfonamides is 1. The van der Waals surface area contributed by atoms with Gasteiger partial charge in [-0.15, -0.1) is 0 Å². The number of rotatable bonds is 10. The zero-order valence-electron chi connectivity index (χ0n) is 17.5. The fourth-order valence-electron chi connectivity index (χ4n) is 3.62. The molecule has 0 radical (unpaired) electrons. The summed E-state index contributed by atoms with van der Waals surface area (Å²) in [6, 6.07) is 15.3. The Labute approximate surface area is 189 Å². The van der Waals surface area contributed by atoms with Crippen LogP contribution in [0.3, 0.4) is 0 Å². The number of benzene rings is 2. The van der Waals surface area contributed by atoms with Gasteiger partial charge in [-0.2, -0.15) is 4.31 Å². The molecule has 0 bridgehead atoms. The largest absolute Gasteiger partial charge is 0.377 e. The highest BCUT2D eigenvalue weighted by molar-refractivity contribution is 7.89. The Balaban J connectivity index is 1.64. The maximum Gasteiger partial charge on any atom is 0.243 e. The molecular weight excluding hydrogens is 436 g/mol. The third-order valence-corrected chi connectivity index (χ3v) is 7.48. The minimum Gasteiger partial charge on any atom is -0.377 e. The Bertz CT molecular complexity index is 936. The molecule has 31 heavy (non-hydrogen) atoms. The normalized spacial score (nSPS) is 17.4. The van der Waals surface area contributed by atoms with Crippen LogP contribution in [-0.4, -0.2) is 44.4 Å². The van der Waals surface area contributed by atoms with Gasteiger partial charge in [0.05, 0.1) is 11.5 Å². The summed E-state index contributed by atoms with van der Waals surface area (Å²) in [5, 5.41) is 3.31. The summed E-state index contributed by atoms with van der Waals surface area (Å²) >= 11 is 5.92. The van der Waals surface area contributed by atoms with Crippen molar-refractivity contribution >= 4 is 27.5 Å². The second kappa shape index (κ2) is 11.6. The molecule has 8 heteroatoms. The standard InChI is InChI=1S/C23H29ClN2O4S/c24-20-11-13-21(14-12-20)31(28,29)26(22-10-4-5-15-25-23(22)27)16-6-7-17-30-18-19-8-2-1-3-9-19/h1-3,8-9,11-14,22H,4-7,10,15-18H2,(H,25,27)/t22-/m1/s1. The predicted molar refractivity (Wildman–Crippen MR) is 121 cm³/mol. The minimum absolute atomic E-state index is 0.147. The molecule has 1 atom stereocenters. The van der Waals surface area contributed by atoms with Gasteiger partial charge in [-0.3, -0.25) is 4.79 Å². The average Bonchev–Trinajstić information content (AvgIpc) is 2.98.